The minimum atomic E-state index is -0.522. The highest BCUT2D eigenvalue weighted by Crippen LogP contribution is 2.33. The molecule has 0 atom stereocenters. The predicted octanol–water partition coefficient (Wildman–Crippen LogP) is 8.35. The van der Waals surface area contributed by atoms with Crippen molar-refractivity contribution in [2.24, 2.45) is 0 Å². The van der Waals surface area contributed by atoms with Crippen molar-refractivity contribution in [2.45, 2.75) is 84.3 Å². The van der Waals surface area contributed by atoms with Gasteiger partial charge in [-0.3, -0.25) is 0 Å². The summed E-state index contributed by atoms with van der Waals surface area (Å²) >= 11 is 1.75. The lowest BCUT2D eigenvalue weighted by atomic mass is 10.1. The molecule has 0 radical (unpaired) electrons. The van der Waals surface area contributed by atoms with Gasteiger partial charge in [-0.15, -0.1) is 0 Å². The van der Waals surface area contributed by atoms with Gasteiger partial charge in [-0.25, -0.2) is 9.78 Å². The normalized spacial score (nSPS) is 10.6. The Kier molecular flexibility index (Phi) is 11.9. The molecule has 0 bridgehead atoms. The Morgan fingerprint density at radius 1 is 1.12 bits per heavy atom. The summed E-state index contributed by atoms with van der Waals surface area (Å²) in [6.07, 6.45) is 2.37. The third-order valence-electron chi connectivity index (χ3n) is 4.58. The number of H-pyrrole nitrogens is 1. The topological polar surface area (TPSA) is 58.2 Å². The van der Waals surface area contributed by atoms with E-state index in [9.17, 15) is 4.79 Å². The number of carbonyl (C=O) groups excluding carboxylic acids is 1. The van der Waals surface area contributed by atoms with Gasteiger partial charge in [-0.2, -0.15) is 0 Å². The molecule has 0 fully saturated rings. The summed E-state index contributed by atoms with van der Waals surface area (Å²) in [6, 6.07) is 16.8. The highest BCUT2D eigenvalue weighted by Gasteiger charge is 2.22. The van der Waals surface area contributed by atoms with Crippen LogP contribution in [0.15, 0.2) is 64.5 Å². The number of benzene rings is 2. The van der Waals surface area contributed by atoms with Crippen LogP contribution in [0.5, 0.6) is 0 Å². The van der Waals surface area contributed by atoms with E-state index in [1.165, 1.54) is 15.4 Å². The fraction of sp³-hybridized carbons (Fsp3) is 0.429. The maximum atomic E-state index is 12.5. The quantitative estimate of drug-likeness (QED) is 0.367. The molecule has 186 valence electrons. The van der Waals surface area contributed by atoms with Gasteiger partial charge in [0.25, 0.3) is 0 Å². The van der Waals surface area contributed by atoms with Crippen LogP contribution in [-0.4, -0.2) is 33.1 Å². The van der Waals surface area contributed by atoms with Gasteiger partial charge in [0.1, 0.15) is 11.4 Å². The lowest BCUT2D eigenvalue weighted by molar-refractivity contribution is 0.0229. The molecule has 0 aliphatic heterocycles. The summed E-state index contributed by atoms with van der Waals surface area (Å²) in [5, 5.41) is 0. The van der Waals surface area contributed by atoms with Crippen LogP contribution in [0.1, 0.15) is 66.8 Å². The van der Waals surface area contributed by atoms with Crippen molar-refractivity contribution >= 4 is 17.9 Å². The van der Waals surface area contributed by atoms with Crippen LogP contribution >= 0.6 is 11.8 Å². The molecule has 0 saturated carbocycles. The molecule has 6 heteroatoms. The number of hydrogen-bond acceptors (Lipinski definition) is 4. The van der Waals surface area contributed by atoms with Crippen LogP contribution in [0, 0.1) is 6.92 Å². The van der Waals surface area contributed by atoms with E-state index in [1.807, 2.05) is 53.8 Å². The second kappa shape index (κ2) is 13.9. The molecule has 0 aliphatic rings. The molecule has 0 saturated heterocycles. The maximum absolute atomic E-state index is 12.5. The van der Waals surface area contributed by atoms with Gasteiger partial charge in [-0.1, -0.05) is 70.3 Å². The number of imidazole rings is 1. The Labute approximate surface area is 210 Å². The van der Waals surface area contributed by atoms with Crippen LogP contribution in [0.2, 0.25) is 0 Å². The van der Waals surface area contributed by atoms with E-state index >= 15 is 0 Å². The van der Waals surface area contributed by atoms with Crippen molar-refractivity contribution in [1.29, 1.82) is 0 Å². The summed E-state index contributed by atoms with van der Waals surface area (Å²) in [6.45, 7) is 14.8. The van der Waals surface area contributed by atoms with E-state index < -0.39 is 5.60 Å². The zero-order chi connectivity index (χ0) is 24.4. The monoisotopic (exact) mass is 483 g/mol. The molecular weight excluding hydrogens is 442 g/mol. The average molecular weight is 484 g/mol. The number of amides is 1. The van der Waals surface area contributed by atoms with Crippen molar-refractivity contribution in [2.75, 3.05) is 6.54 Å². The van der Waals surface area contributed by atoms with E-state index in [1.54, 1.807) is 16.7 Å². The molecule has 0 unspecified atom stereocenters. The number of carbonyl (C=O) groups is 1. The van der Waals surface area contributed by atoms with Crippen LogP contribution < -0.4 is 0 Å². The molecule has 3 aromatic rings. The Morgan fingerprint density at radius 2 is 1.79 bits per heavy atom. The first-order chi connectivity index (χ1) is 15.7. The molecule has 34 heavy (non-hydrogen) atoms. The number of aryl methyl sites for hydroxylation is 1. The minimum absolute atomic E-state index is 0. The van der Waals surface area contributed by atoms with Gasteiger partial charge >= 0.3 is 6.09 Å². The van der Waals surface area contributed by atoms with Gasteiger partial charge in [0, 0.05) is 21.9 Å². The van der Waals surface area contributed by atoms with Crippen LogP contribution in [0.4, 0.5) is 4.79 Å². The highest BCUT2D eigenvalue weighted by molar-refractivity contribution is 7.99. The van der Waals surface area contributed by atoms with E-state index in [0.717, 1.165) is 23.5 Å². The van der Waals surface area contributed by atoms with E-state index in [2.05, 4.69) is 59.4 Å². The van der Waals surface area contributed by atoms with Crippen molar-refractivity contribution in [1.82, 2.24) is 14.9 Å². The molecule has 5 nitrogen and oxygen atoms in total. The van der Waals surface area contributed by atoms with Crippen LogP contribution in [-0.2, 0) is 11.3 Å². The third-order valence-corrected chi connectivity index (χ3v) is 5.75. The number of hydrogen-bond donors (Lipinski definition) is 1. The Morgan fingerprint density at radius 3 is 2.41 bits per heavy atom. The number of nitrogens with one attached hydrogen (secondary N) is 1. The zero-order valence-corrected chi connectivity index (χ0v) is 21.8. The predicted molar refractivity (Wildman–Crippen MR) is 144 cm³/mol. The first-order valence-corrected chi connectivity index (χ1v) is 12.4. The number of ether oxygens (including phenoxy) is 1. The zero-order valence-electron chi connectivity index (χ0n) is 20.9. The largest absolute Gasteiger partial charge is 0.444 e. The lowest BCUT2D eigenvalue weighted by Gasteiger charge is -2.26. The number of rotatable bonds is 7. The first-order valence-electron chi connectivity index (χ1n) is 11.6. The minimum Gasteiger partial charge on any atom is -0.444 e. The summed E-state index contributed by atoms with van der Waals surface area (Å²) in [4.78, 5) is 24.6. The molecule has 1 heterocycles. The van der Waals surface area contributed by atoms with Gasteiger partial charge in [0.2, 0.25) is 0 Å². The first kappa shape index (κ1) is 29.3. The van der Waals surface area contributed by atoms with Gasteiger partial charge < -0.3 is 14.6 Å². The van der Waals surface area contributed by atoms with Crippen molar-refractivity contribution in [3.8, 4) is 11.3 Å². The average Bonchev–Trinajstić information content (AvgIpc) is 3.24. The second-order valence-corrected chi connectivity index (χ2v) is 9.66. The van der Waals surface area contributed by atoms with Crippen molar-refractivity contribution in [3.63, 3.8) is 0 Å². The number of aromatic nitrogens is 2. The fourth-order valence-corrected chi connectivity index (χ4v) is 4.06. The Hall–Kier alpha value is -2.73. The van der Waals surface area contributed by atoms with Crippen LogP contribution in [0.3, 0.4) is 0 Å². The number of aromatic amines is 1. The maximum Gasteiger partial charge on any atom is 0.410 e. The summed E-state index contributed by atoms with van der Waals surface area (Å²) in [5.74, 6) is 0.743. The highest BCUT2D eigenvalue weighted by atomic mass is 32.2. The molecule has 3 rings (SSSR count). The second-order valence-electron chi connectivity index (χ2n) is 8.54. The molecule has 0 aliphatic carbocycles. The SMILES string of the molecule is C.CC.CCCN(Cc1ncc(-c2ccc(C)c(Sc3ccccc3)c2)[nH]1)C(=O)OC(C)(C)C. The number of nitrogens with zero attached hydrogens (tertiary/aromatic N) is 2. The molecule has 1 N–H and O–H groups in total. The third kappa shape index (κ3) is 8.90. The van der Waals surface area contributed by atoms with Crippen molar-refractivity contribution < 1.29 is 9.53 Å². The standard InChI is InChI=1S/C25H31N3O2S.C2H6.CH4/c1-6-14-28(24(29)30-25(3,4)5)17-23-26-16-21(27-23)19-13-12-18(2)22(15-19)31-20-10-8-7-9-11-20;1-2;/h7-13,15-16H,6,14,17H2,1-5H3,(H,26,27);1-2H3;1H4. The molecule has 0 spiro atoms. The van der Waals surface area contributed by atoms with Crippen molar-refractivity contribution in [3.05, 3.63) is 66.1 Å². The summed E-state index contributed by atoms with van der Waals surface area (Å²) < 4.78 is 5.54. The van der Waals surface area contributed by atoms with E-state index in [0.29, 0.717) is 13.1 Å². The van der Waals surface area contributed by atoms with Gasteiger partial charge in [-0.05, 0) is 57.9 Å². The van der Waals surface area contributed by atoms with Gasteiger partial charge in [0.15, 0.2) is 0 Å². The smallest absolute Gasteiger partial charge is 0.410 e. The molecule has 1 amide bonds. The summed E-state index contributed by atoms with van der Waals surface area (Å²) in [5.41, 5.74) is 2.72. The summed E-state index contributed by atoms with van der Waals surface area (Å²) in [7, 11) is 0. The molecule has 2 aromatic carbocycles. The van der Waals surface area contributed by atoms with E-state index in [4.69, 9.17) is 4.74 Å². The van der Waals surface area contributed by atoms with E-state index in [-0.39, 0.29) is 13.5 Å². The fourth-order valence-electron chi connectivity index (χ4n) is 3.09. The van der Waals surface area contributed by atoms with Gasteiger partial charge in [0.05, 0.1) is 18.4 Å². The molecular formula is C28H41N3O2S. The van der Waals surface area contributed by atoms with Crippen LogP contribution in [0.25, 0.3) is 11.3 Å². The lowest BCUT2D eigenvalue weighted by Crippen LogP contribution is -2.37. The Bertz CT molecular complexity index is 1010. The molecule has 1 aromatic heterocycles. The Balaban J connectivity index is 0.00000188.